The molecule has 8 heteroatoms. The van der Waals surface area contributed by atoms with Gasteiger partial charge in [0.05, 0.1) is 12.0 Å². The third-order valence-corrected chi connectivity index (χ3v) is 3.62. The summed E-state index contributed by atoms with van der Waals surface area (Å²) in [7, 11) is 1.57. The van der Waals surface area contributed by atoms with Crippen molar-refractivity contribution < 1.29 is 19.2 Å². The van der Waals surface area contributed by atoms with Crippen molar-refractivity contribution in [1.29, 1.82) is 0 Å². The van der Waals surface area contributed by atoms with Gasteiger partial charge >= 0.3 is 0 Å². The minimum atomic E-state index is -0.822. The Hall–Kier alpha value is -3.68. The van der Waals surface area contributed by atoms with Gasteiger partial charge in [-0.2, -0.15) is 0 Å². The molecule has 0 saturated heterocycles. The average molecular weight is 369 g/mol. The zero-order chi connectivity index (χ0) is 19.8. The zero-order valence-electron chi connectivity index (χ0n) is 14.8. The number of hydrogen-bond donors (Lipinski definition) is 2. The predicted octanol–water partition coefficient (Wildman–Crippen LogP) is 2.76. The molecule has 0 fully saturated rings. The van der Waals surface area contributed by atoms with Crippen molar-refractivity contribution in [1.82, 2.24) is 5.32 Å². The molecule has 2 N–H and O–H groups in total. The first-order valence-electron chi connectivity index (χ1n) is 8.07. The third kappa shape index (κ3) is 5.96. The van der Waals surface area contributed by atoms with E-state index in [2.05, 4.69) is 10.6 Å². The number of nitrogens with zero attached hydrogens (tertiary/aromatic N) is 1. The van der Waals surface area contributed by atoms with E-state index in [1.807, 2.05) is 0 Å². The highest BCUT2D eigenvalue weighted by atomic mass is 16.6. The SMILES string of the molecule is COc1ccc(C=CC(=O)NC(C)C(=O)Nc2cccc([N+](=O)[O-])c2)cc1. The lowest BCUT2D eigenvalue weighted by Crippen LogP contribution is -2.40. The van der Waals surface area contributed by atoms with E-state index in [1.54, 1.807) is 37.5 Å². The molecule has 1 unspecified atom stereocenters. The molecule has 0 aliphatic carbocycles. The number of carbonyl (C=O) groups is 2. The molecule has 0 radical (unpaired) electrons. The number of ether oxygens (including phenoxy) is 1. The molecule has 2 aromatic carbocycles. The van der Waals surface area contributed by atoms with Gasteiger partial charge in [-0.25, -0.2) is 0 Å². The van der Waals surface area contributed by atoms with E-state index in [0.29, 0.717) is 5.75 Å². The Morgan fingerprint density at radius 1 is 1.19 bits per heavy atom. The third-order valence-electron chi connectivity index (χ3n) is 3.62. The first-order chi connectivity index (χ1) is 12.9. The fourth-order valence-corrected chi connectivity index (χ4v) is 2.16. The molecule has 0 heterocycles. The average Bonchev–Trinajstić information content (AvgIpc) is 2.66. The second-order valence-electron chi connectivity index (χ2n) is 5.63. The second-order valence-corrected chi connectivity index (χ2v) is 5.63. The maximum Gasteiger partial charge on any atom is 0.271 e. The van der Waals surface area contributed by atoms with Crippen molar-refractivity contribution in [3.63, 3.8) is 0 Å². The minimum Gasteiger partial charge on any atom is -0.497 e. The number of anilines is 1. The van der Waals surface area contributed by atoms with Crippen LogP contribution in [0.15, 0.2) is 54.6 Å². The summed E-state index contributed by atoms with van der Waals surface area (Å²) in [4.78, 5) is 34.3. The highest BCUT2D eigenvalue weighted by Crippen LogP contribution is 2.17. The first-order valence-corrected chi connectivity index (χ1v) is 8.07. The number of non-ortho nitro benzene ring substituents is 1. The van der Waals surface area contributed by atoms with Crippen molar-refractivity contribution in [3.8, 4) is 5.75 Å². The highest BCUT2D eigenvalue weighted by Gasteiger charge is 2.15. The summed E-state index contributed by atoms with van der Waals surface area (Å²) in [6.07, 6.45) is 2.93. The van der Waals surface area contributed by atoms with Crippen LogP contribution in [0.4, 0.5) is 11.4 Å². The van der Waals surface area contributed by atoms with Crippen LogP contribution in [0, 0.1) is 10.1 Å². The van der Waals surface area contributed by atoms with Gasteiger partial charge in [-0.3, -0.25) is 19.7 Å². The molecule has 0 aromatic heterocycles. The van der Waals surface area contributed by atoms with Crippen LogP contribution in [0.3, 0.4) is 0 Å². The smallest absolute Gasteiger partial charge is 0.271 e. The number of methoxy groups -OCH3 is 1. The number of amides is 2. The number of hydrogen-bond acceptors (Lipinski definition) is 5. The summed E-state index contributed by atoms with van der Waals surface area (Å²) in [5.41, 5.74) is 0.954. The molecule has 0 aliphatic rings. The number of rotatable bonds is 7. The van der Waals surface area contributed by atoms with E-state index in [4.69, 9.17) is 4.74 Å². The summed E-state index contributed by atoms with van der Waals surface area (Å²) in [5, 5.41) is 15.8. The summed E-state index contributed by atoms with van der Waals surface area (Å²) >= 11 is 0. The Morgan fingerprint density at radius 3 is 2.52 bits per heavy atom. The van der Waals surface area contributed by atoms with Gasteiger partial charge in [0.15, 0.2) is 0 Å². The Kier molecular flexibility index (Phi) is 6.65. The summed E-state index contributed by atoms with van der Waals surface area (Å²) < 4.78 is 5.06. The maximum atomic E-state index is 12.1. The molecule has 2 aromatic rings. The lowest BCUT2D eigenvalue weighted by atomic mass is 10.2. The fourth-order valence-electron chi connectivity index (χ4n) is 2.16. The van der Waals surface area contributed by atoms with Crippen LogP contribution in [0.25, 0.3) is 6.08 Å². The Morgan fingerprint density at radius 2 is 1.89 bits per heavy atom. The molecular weight excluding hydrogens is 350 g/mol. The van der Waals surface area contributed by atoms with E-state index < -0.39 is 22.8 Å². The lowest BCUT2D eigenvalue weighted by Gasteiger charge is -2.13. The van der Waals surface area contributed by atoms with Crippen LogP contribution in [-0.4, -0.2) is 29.9 Å². The fraction of sp³-hybridized carbons (Fsp3) is 0.158. The lowest BCUT2D eigenvalue weighted by molar-refractivity contribution is -0.384. The van der Waals surface area contributed by atoms with Crippen molar-refractivity contribution in [2.45, 2.75) is 13.0 Å². The predicted molar refractivity (Wildman–Crippen MR) is 101 cm³/mol. The van der Waals surface area contributed by atoms with Gasteiger partial charge < -0.3 is 15.4 Å². The topological polar surface area (TPSA) is 111 Å². The number of nitro benzene ring substituents is 1. The number of nitrogens with one attached hydrogen (secondary N) is 2. The van der Waals surface area contributed by atoms with Crippen molar-refractivity contribution >= 4 is 29.3 Å². The van der Waals surface area contributed by atoms with Gasteiger partial charge in [-0.05, 0) is 36.8 Å². The van der Waals surface area contributed by atoms with Gasteiger partial charge in [0.25, 0.3) is 5.69 Å². The molecule has 27 heavy (non-hydrogen) atoms. The molecule has 0 saturated carbocycles. The number of benzene rings is 2. The Bertz CT molecular complexity index is 862. The molecule has 2 rings (SSSR count). The summed E-state index contributed by atoms with van der Waals surface area (Å²) in [6.45, 7) is 1.52. The van der Waals surface area contributed by atoms with E-state index in [0.717, 1.165) is 5.56 Å². The molecule has 8 nitrogen and oxygen atoms in total. The molecule has 0 aliphatic heterocycles. The molecule has 140 valence electrons. The van der Waals surface area contributed by atoms with Crippen LogP contribution in [0.5, 0.6) is 5.75 Å². The van der Waals surface area contributed by atoms with Gasteiger partial charge in [-0.1, -0.05) is 18.2 Å². The normalized spacial score (nSPS) is 11.6. The monoisotopic (exact) mass is 369 g/mol. The van der Waals surface area contributed by atoms with Crippen molar-refractivity contribution in [3.05, 3.63) is 70.3 Å². The molecule has 2 amide bonds. The van der Waals surface area contributed by atoms with E-state index in [1.165, 1.54) is 37.3 Å². The zero-order valence-corrected chi connectivity index (χ0v) is 14.8. The van der Waals surface area contributed by atoms with Crippen molar-refractivity contribution in [2.75, 3.05) is 12.4 Å². The van der Waals surface area contributed by atoms with Crippen LogP contribution in [0.1, 0.15) is 12.5 Å². The summed E-state index contributed by atoms with van der Waals surface area (Å²) in [6, 6.07) is 11.9. The number of carbonyl (C=O) groups excluding carboxylic acids is 2. The van der Waals surface area contributed by atoms with E-state index in [9.17, 15) is 19.7 Å². The first kappa shape index (κ1) is 19.6. The van der Waals surface area contributed by atoms with Gasteiger partial charge in [0.2, 0.25) is 11.8 Å². The van der Waals surface area contributed by atoms with Gasteiger partial charge in [-0.15, -0.1) is 0 Å². The quantitative estimate of drug-likeness (QED) is 0.443. The van der Waals surface area contributed by atoms with E-state index in [-0.39, 0.29) is 11.4 Å². The summed E-state index contributed by atoms with van der Waals surface area (Å²) in [5.74, 6) is -0.211. The molecule has 1 atom stereocenters. The molecular formula is C19H19N3O5. The highest BCUT2D eigenvalue weighted by molar-refractivity contribution is 5.99. The van der Waals surface area contributed by atoms with Crippen molar-refractivity contribution in [2.24, 2.45) is 0 Å². The largest absolute Gasteiger partial charge is 0.497 e. The molecule has 0 spiro atoms. The van der Waals surface area contributed by atoms with Crippen LogP contribution < -0.4 is 15.4 Å². The van der Waals surface area contributed by atoms with Crippen LogP contribution in [-0.2, 0) is 9.59 Å². The second kappa shape index (κ2) is 9.14. The molecule has 0 bridgehead atoms. The van der Waals surface area contributed by atoms with Gasteiger partial charge in [0, 0.05) is 23.9 Å². The number of nitro groups is 1. The Balaban J connectivity index is 1.91. The minimum absolute atomic E-state index is 0.132. The van der Waals surface area contributed by atoms with E-state index >= 15 is 0 Å². The van der Waals surface area contributed by atoms with Gasteiger partial charge in [0.1, 0.15) is 11.8 Å². The Labute approximate surface area is 156 Å². The standard InChI is InChI=1S/C19H19N3O5/c1-13(19(24)21-15-4-3-5-16(12-15)22(25)26)20-18(23)11-8-14-6-9-17(27-2)10-7-14/h3-13H,1-2H3,(H,20,23)(H,21,24). The van der Waals surface area contributed by atoms with Crippen LogP contribution >= 0.6 is 0 Å². The van der Waals surface area contributed by atoms with Crippen LogP contribution in [0.2, 0.25) is 0 Å². The maximum absolute atomic E-state index is 12.1.